The van der Waals surface area contributed by atoms with Gasteiger partial charge in [-0.05, 0) is 64.6 Å². The van der Waals surface area contributed by atoms with Crippen LogP contribution in [-0.4, -0.2) is 37.1 Å². The molecule has 0 atom stereocenters. The van der Waals surface area contributed by atoms with Crippen molar-refractivity contribution in [2.45, 2.75) is 13.5 Å². The lowest BCUT2D eigenvalue weighted by atomic mass is 10.2. The molecule has 0 saturated carbocycles. The number of rotatable bonds is 5. The summed E-state index contributed by atoms with van der Waals surface area (Å²) in [4.78, 5) is 1.58. The summed E-state index contributed by atoms with van der Waals surface area (Å²) < 4.78 is 8.00. The zero-order valence-corrected chi connectivity index (χ0v) is 17.0. The lowest BCUT2D eigenvalue weighted by molar-refractivity contribution is 0.414. The van der Waals surface area contributed by atoms with Gasteiger partial charge in [-0.25, -0.2) is 4.68 Å². The van der Waals surface area contributed by atoms with Gasteiger partial charge in [-0.15, -0.1) is 10.2 Å². The number of halogens is 1. The minimum absolute atomic E-state index is 0.541. The van der Waals surface area contributed by atoms with Gasteiger partial charge >= 0.3 is 0 Å². The average molecular weight is 472 g/mol. The molecule has 4 rings (SSSR count). The molecule has 2 heterocycles. The van der Waals surface area contributed by atoms with E-state index in [1.165, 1.54) is 5.56 Å². The number of aryl methyl sites for hydroxylation is 1. The van der Waals surface area contributed by atoms with Crippen LogP contribution in [-0.2, 0) is 6.54 Å². The molecule has 2 aromatic heterocycles. The zero-order valence-electron chi connectivity index (χ0n) is 14.9. The lowest BCUT2D eigenvalue weighted by Crippen LogP contribution is -2.04. The van der Waals surface area contributed by atoms with Crippen molar-refractivity contribution in [2.24, 2.45) is 0 Å². The molecule has 2 aromatic carbocycles. The Morgan fingerprint density at radius 3 is 2.48 bits per heavy atom. The predicted octanol–water partition coefficient (Wildman–Crippen LogP) is 3.50. The van der Waals surface area contributed by atoms with Crippen LogP contribution < -0.4 is 4.74 Å². The van der Waals surface area contributed by atoms with Crippen LogP contribution in [0.3, 0.4) is 0 Å². The first-order valence-corrected chi connectivity index (χ1v) is 9.43. The van der Waals surface area contributed by atoms with Crippen LogP contribution >= 0.6 is 22.6 Å². The van der Waals surface area contributed by atoms with E-state index in [1.807, 2.05) is 41.1 Å². The molecule has 4 aromatic rings. The third-order valence-corrected chi connectivity index (χ3v) is 5.20. The Hall–Kier alpha value is -2.75. The minimum Gasteiger partial charge on any atom is -0.497 e. The van der Waals surface area contributed by atoms with E-state index in [-0.39, 0.29) is 0 Å². The molecule has 0 unspecified atom stereocenters. The summed E-state index contributed by atoms with van der Waals surface area (Å²) in [6.07, 6.45) is 1.77. The molecule has 0 amide bonds. The maximum Gasteiger partial charge on any atom is 0.209 e. The maximum absolute atomic E-state index is 5.18. The highest BCUT2D eigenvalue weighted by Gasteiger charge is 2.16. The molecule has 0 spiro atoms. The van der Waals surface area contributed by atoms with E-state index < -0.39 is 0 Å². The number of methoxy groups -OCH3 is 1. The first-order valence-electron chi connectivity index (χ1n) is 8.36. The van der Waals surface area contributed by atoms with Crippen molar-refractivity contribution in [2.75, 3.05) is 7.11 Å². The van der Waals surface area contributed by atoms with Gasteiger partial charge in [0.15, 0.2) is 0 Å². The Morgan fingerprint density at radius 2 is 1.78 bits per heavy atom. The summed E-state index contributed by atoms with van der Waals surface area (Å²) in [7, 11) is 1.65. The SMILES string of the molecule is COc1ccc(Cn2nnc(-c3cnn(-c4ccc(C)cc4)c3I)n2)cc1. The van der Waals surface area contributed by atoms with Gasteiger partial charge in [-0.1, -0.05) is 29.8 Å². The van der Waals surface area contributed by atoms with Gasteiger partial charge in [-0.2, -0.15) is 9.90 Å². The van der Waals surface area contributed by atoms with E-state index in [4.69, 9.17) is 4.74 Å². The van der Waals surface area contributed by atoms with E-state index in [0.29, 0.717) is 12.4 Å². The number of hydrogen-bond donors (Lipinski definition) is 0. The molecule has 0 aliphatic carbocycles. The summed E-state index contributed by atoms with van der Waals surface area (Å²) in [6, 6.07) is 16.0. The average Bonchev–Trinajstić information content (AvgIpc) is 3.29. The molecule has 0 saturated heterocycles. The summed E-state index contributed by atoms with van der Waals surface area (Å²) in [5, 5.41) is 17.4. The second-order valence-corrected chi connectivity index (χ2v) is 7.11. The van der Waals surface area contributed by atoms with Gasteiger partial charge in [0.25, 0.3) is 0 Å². The zero-order chi connectivity index (χ0) is 18.8. The maximum atomic E-state index is 5.18. The van der Waals surface area contributed by atoms with E-state index in [9.17, 15) is 0 Å². The van der Waals surface area contributed by atoms with Crippen molar-refractivity contribution in [3.05, 3.63) is 69.6 Å². The third kappa shape index (κ3) is 3.70. The fraction of sp³-hybridized carbons (Fsp3) is 0.158. The number of hydrogen-bond acceptors (Lipinski definition) is 5. The Balaban J connectivity index is 1.57. The molecule has 0 aliphatic heterocycles. The number of tetrazole rings is 1. The van der Waals surface area contributed by atoms with Crippen LogP contribution in [0.5, 0.6) is 5.75 Å². The molecule has 0 bridgehead atoms. The van der Waals surface area contributed by atoms with Crippen molar-refractivity contribution in [1.29, 1.82) is 0 Å². The standard InChI is InChI=1S/C19H17IN6O/c1-13-3-7-15(8-4-13)26-18(20)17(11-21-26)19-22-24-25(23-19)12-14-5-9-16(27-2)10-6-14/h3-11H,12H2,1-2H3. The topological polar surface area (TPSA) is 70.7 Å². The molecule has 27 heavy (non-hydrogen) atoms. The van der Waals surface area contributed by atoms with E-state index in [2.05, 4.69) is 62.2 Å². The highest BCUT2D eigenvalue weighted by Crippen LogP contribution is 2.24. The molecule has 0 aliphatic rings. The molecule has 0 N–H and O–H groups in total. The van der Waals surface area contributed by atoms with Gasteiger partial charge in [0.1, 0.15) is 9.45 Å². The molecular formula is C19H17IN6O. The molecular weight excluding hydrogens is 455 g/mol. The van der Waals surface area contributed by atoms with Gasteiger partial charge in [0.05, 0.1) is 31.1 Å². The summed E-state index contributed by atoms with van der Waals surface area (Å²) in [5.41, 5.74) is 4.15. The van der Waals surface area contributed by atoms with Crippen LogP contribution in [0.4, 0.5) is 0 Å². The Kier molecular flexibility index (Phi) is 4.88. The summed E-state index contributed by atoms with van der Waals surface area (Å²) in [6.45, 7) is 2.61. The van der Waals surface area contributed by atoms with Gasteiger partial charge in [0, 0.05) is 0 Å². The van der Waals surface area contributed by atoms with Gasteiger partial charge in [-0.3, -0.25) is 0 Å². The number of aromatic nitrogens is 6. The third-order valence-electron chi connectivity index (χ3n) is 4.17. The van der Waals surface area contributed by atoms with Crippen molar-refractivity contribution < 1.29 is 4.74 Å². The van der Waals surface area contributed by atoms with Crippen LogP contribution in [0.1, 0.15) is 11.1 Å². The molecule has 0 fully saturated rings. The number of benzene rings is 2. The van der Waals surface area contributed by atoms with E-state index in [1.54, 1.807) is 18.1 Å². The molecule has 0 radical (unpaired) electrons. The Labute approximate surface area is 170 Å². The summed E-state index contributed by atoms with van der Waals surface area (Å²) in [5.74, 6) is 1.38. The predicted molar refractivity (Wildman–Crippen MR) is 110 cm³/mol. The number of ether oxygens (including phenoxy) is 1. The quantitative estimate of drug-likeness (QED) is 0.416. The lowest BCUT2D eigenvalue weighted by Gasteiger charge is -2.04. The Bertz CT molecular complexity index is 1050. The van der Waals surface area contributed by atoms with Crippen molar-refractivity contribution in [3.63, 3.8) is 0 Å². The van der Waals surface area contributed by atoms with Crippen molar-refractivity contribution >= 4 is 22.6 Å². The highest BCUT2D eigenvalue weighted by molar-refractivity contribution is 14.1. The van der Waals surface area contributed by atoms with Crippen LogP contribution in [0.2, 0.25) is 0 Å². The van der Waals surface area contributed by atoms with Crippen LogP contribution in [0, 0.1) is 10.6 Å². The minimum atomic E-state index is 0.541. The van der Waals surface area contributed by atoms with Gasteiger partial charge in [0.2, 0.25) is 5.82 Å². The first kappa shape index (κ1) is 17.7. The number of nitrogens with zero attached hydrogens (tertiary/aromatic N) is 6. The fourth-order valence-electron chi connectivity index (χ4n) is 2.66. The van der Waals surface area contributed by atoms with Crippen LogP contribution in [0.25, 0.3) is 17.1 Å². The fourth-order valence-corrected chi connectivity index (χ4v) is 3.45. The Morgan fingerprint density at radius 1 is 1.04 bits per heavy atom. The largest absolute Gasteiger partial charge is 0.497 e. The normalized spacial score (nSPS) is 10.9. The molecule has 8 heteroatoms. The molecule has 136 valence electrons. The van der Waals surface area contributed by atoms with E-state index >= 15 is 0 Å². The second-order valence-electron chi connectivity index (χ2n) is 6.09. The molecule has 7 nitrogen and oxygen atoms in total. The highest BCUT2D eigenvalue weighted by atomic mass is 127. The second kappa shape index (κ2) is 7.47. The first-order chi connectivity index (χ1) is 13.1. The van der Waals surface area contributed by atoms with Crippen LogP contribution in [0.15, 0.2) is 54.7 Å². The van der Waals surface area contributed by atoms with Gasteiger partial charge < -0.3 is 4.74 Å². The van der Waals surface area contributed by atoms with Crippen molar-refractivity contribution in [1.82, 2.24) is 30.0 Å². The smallest absolute Gasteiger partial charge is 0.209 e. The monoisotopic (exact) mass is 472 g/mol. The van der Waals surface area contributed by atoms with Crippen molar-refractivity contribution in [3.8, 4) is 22.8 Å². The summed E-state index contributed by atoms with van der Waals surface area (Å²) >= 11 is 2.26. The van der Waals surface area contributed by atoms with E-state index in [0.717, 1.165) is 26.3 Å².